The van der Waals surface area contributed by atoms with Crippen molar-refractivity contribution in [1.82, 2.24) is 0 Å². The van der Waals surface area contributed by atoms with Gasteiger partial charge in [-0.15, -0.1) is 0 Å². The van der Waals surface area contributed by atoms with Gasteiger partial charge in [-0.2, -0.15) is 0 Å². The molecule has 0 aliphatic rings. The van der Waals surface area contributed by atoms with Crippen molar-refractivity contribution in [3.63, 3.8) is 0 Å². The molecular formula is C71H122O6. The standard InChI is InChI=1S/C71H122O6/c1-4-7-10-13-16-18-20-22-24-26-28-30-31-32-33-34-35-36-37-38-39-41-42-44-46-48-50-52-55-58-61-64-70(73)76-67-68(66-75-69(72)63-60-57-54-15-12-9-6-3)77-71(74)65-62-59-56-53-51-49-47-45-43-40-29-27-25-23-21-19-17-14-11-8-5-2/h7,10,16,18,22,24,27-30,32-33,35-36,38-39,68H,4-6,8-9,11-15,17,19-21,23,25-26,31,34,37,40-67H2,1-3H3/b10-7-,18-16-,24-22-,29-27-,30-28-,33-32-,36-35-,39-38-. The molecular weight excluding hydrogens is 949 g/mol. The Morgan fingerprint density at radius 3 is 0.805 bits per heavy atom. The Kier molecular flexibility index (Phi) is 61.8. The fourth-order valence-corrected chi connectivity index (χ4v) is 9.18. The topological polar surface area (TPSA) is 78.9 Å². The predicted molar refractivity (Wildman–Crippen MR) is 334 cm³/mol. The van der Waals surface area contributed by atoms with Crippen molar-refractivity contribution in [2.45, 2.75) is 322 Å². The summed E-state index contributed by atoms with van der Waals surface area (Å²) >= 11 is 0. The minimum atomic E-state index is -0.779. The number of carbonyl (C=O) groups excluding carboxylic acids is 3. The van der Waals surface area contributed by atoms with Gasteiger partial charge in [-0.25, -0.2) is 0 Å². The second-order valence-corrected chi connectivity index (χ2v) is 21.6. The summed E-state index contributed by atoms with van der Waals surface area (Å²) in [6.45, 7) is 6.50. The average molecular weight is 1070 g/mol. The third kappa shape index (κ3) is 63.0. The van der Waals surface area contributed by atoms with Gasteiger partial charge in [0.05, 0.1) is 0 Å². The molecule has 0 radical (unpaired) electrons. The predicted octanol–water partition coefficient (Wildman–Crippen LogP) is 22.4. The molecule has 0 rings (SSSR count). The Balaban J connectivity index is 4.14. The summed E-state index contributed by atoms with van der Waals surface area (Å²) in [6.07, 6.45) is 87.3. The summed E-state index contributed by atoms with van der Waals surface area (Å²) < 4.78 is 16.8. The van der Waals surface area contributed by atoms with E-state index in [1.807, 2.05) is 0 Å². The molecule has 0 aromatic rings. The van der Waals surface area contributed by atoms with Gasteiger partial charge in [-0.05, 0) is 103 Å². The summed E-state index contributed by atoms with van der Waals surface area (Å²) in [5.74, 6) is -0.883. The maximum Gasteiger partial charge on any atom is 0.306 e. The molecule has 6 heteroatoms. The molecule has 0 aromatic carbocycles. The molecule has 1 unspecified atom stereocenters. The van der Waals surface area contributed by atoms with E-state index in [-0.39, 0.29) is 31.1 Å². The molecule has 0 amide bonds. The maximum atomic E-state index is 12.9. The monoisotopic (exact) mass is 1070 g/mol. The van der Waals surface area contributed by atoms with E-state index in [1.54, 1.807) is 0 Å². The Bertz CT molecular complexity index is 1510. The van der Waals surface area contributed by atoms with Gasteiger partial charge >= 0.3 is 17.9 Å². The van der Waals surface area contributed by atoms with Crippen LogP contribution in [0.1, 0.15) is 316 Å². The lowest BCUT2D eigenvalue weighted by Gasteiger charge is -2.18. The van der Waals surface area contributed by atoms with Gasteiger partial charge in [0.25, 0.3) is 0 Å². The Morgan fingerprint density at radius 2 is 0.506 bits per heavy atom. The summed E-state index contributed by atoms with van der Waals surface area (Å²) in [7, 11) is 0. The number of allylic oxidation sites excluding steroid dienone is 16. The first kappa shape index (κ1) is 73.3. The van der Waals surface area contributed by atoms with Crippen molar-refractivity contribution in [1.29, 1.82) is 0 Å². The summed E-state index contributed by atoms with van der Waals surface area (Å²) in [6, 6.07) is 0. The lowest BCUT2D eigenvalue weighted by molar-refractivity contribution is -0.167. The second kappa shape index (κ2) is 64.9. The summed E-state index contributed by atoms with van der Waals surface area (Å²) in [5, 5.41) is 0. The third-order valence-corrected chi connectivity index (χ3v) is 14.1. The number of hydrogen-bond donors (Lipinski definition) is 0. The van der Waals surface area contributed by atoms with Crippen molar-refractivity contribution < 1.29 is 28.6 Å². The molecule has 442 valence electrons. The van der Waals surface area contributed by atoms with E-state index in [4.69, 9.17) is 14.2 Å². The largest absolute Gasteiger partial charge is 0.462 e. The number of rotatable bonds is 59. The Labute approximate surface area is 477 Å². The quantitative estimate of drug-likeness (QED) is 0.0261. The van der Waals surface area contributed by atoms with Crippen LogP contribution in [0.2, 0.25) is 0 Å². The van der Waals surface area contributed by atoms with Crippen LogP contribution >= 0.6 is 0 Å². The summed E-state index contributed by atoms with van der Waals surface area (Å²) in [5.41, 5.74) is 0. The number of ether oxygens (including phenoxy) is 3. The van der Waals surface area contributed by atoms with Crippen molar-refractivity contribution in [3.05, 3.63) is 97.2 Å². The SMILES string of the molecule is CC/C=C\C/C=C\C/C=C\C/C=C\C/C=C\C/C=C\C/C=C\CCCCCCCCCCCC(=O)OCC(COC(=O)CCCCCCCCC)OC(=O)CCCCCCCCCCC/C=C\CCCCCCCCCC. The third-order valence-electron chi connectivity index (χ3n) is 14.1. The van der Waals surface area contributed by atoms with E-state index < -0.39 is 6.10 Å². The van der Waals surface area contributed by atoms with E-state index in [0.29, 0.717) is 19.3 Å². The van der Waals surface area contributed by atoms with Gasteiger partial charge in [0, 0.05) is 19.3 Å². The van der Waals surface area contributed by atoms with E-state index in [1.165, 1.54) is 167 Å². The van der Waals surface area contributed by atoms with Crippen LogP contribution < -0.4 is 0 Å². The number of hydrogen-bond acceptors (Lipinski definition) is 6. The minimum absolute atomic E-state index is 0.0777. The van der Waals surface area contributed by atoms with Crippen LogP contribution in [0.4, 0.5) is 0 Å². The average Bonchev–Trinajstić information content (AvgIpc) is 3.43. The highest BCUT2D eigenvalue weighted by Crippen LogP contribution is 2.16. The highest BCUT2D eigenvalue weighted by atomic mass is 16.6. The van der Waals surface area contributed by atoms with E-state index in [0.717, 1.165) is 109 Å². The first-order valence-corrected chi connectivity index (χ1v) is 32.7. The van der Waals surface area contributed by atoms with Crippen LogP contribution in [-0.2, 0) is 28.6 Å². The molecule has 0 fully saturated rings. The van der Waals surface area contributed by atoms with Crippen molar-refractivity contribution >= 4 is 17.9 Å². The van der Waals surface area contributed by atoms with Gasteiger partial charge in [0.2, 0.25) is 0 Å². The van der Waals surface area contributed by atoms with Crippen LogP contribution in [0.3, 0.4) is 0 Å². The zero-order valence-corrected chi connectivity index (χ0v) is 50.7. The van der Waals surface area contributed by atoms with Gasteiger partial charge in [0.15, 0.2) is 6.10 Å². The molecule has 0 aromatic heterocycles. The number of esters is 3. The first-order valence-electron chi connectivity index (χ1n) is 32.7. The highest BCUT2D eigenvalue weighted by Gasteiger charge is 2.19. The smallest absolute Gasteiger partial charge is 0.306 e. The molecule has 0 aliphatic heterocycles. The Hall–Kier alpha value is -3.67. The van der Waals surface area contributed by atoms with E-state index in [9.17, 15) is 14.4 Å². The molecule has 6 nitrogen and oxygen atoms in total. The van der Waals surface area contributed by atoms with E-state index >= 15 is 0 Å². The molecule has 0 aliphatic carbocycles. The lowest BCUT2D eigenvalue weighted by atomic mass is 10.1. The van der Waals surface area contributed by atoms with Crippen LogP contribution in [-0.4, -0.2) is 37.2 Å². The molecule has 0 N–H and O–H groups in total. The minimum Gasteiger partial charge on any atom is -0.462 e. The Morgan fingerprint density at radius 1 is 0.273 bits per heavy atom. The fraction of sp³-hybridized carbons (Fsp3) is 0.732. The maximum absolute atomic E-state index is 12.9. The molecule has 0 saturated heterocycles. The first-order chi connectivity index (χ1) is 38.0. The normalized spacial score (nSPS) is 12.7. The zero-order valence-electron chi connectivity index (χ0n) is 50.7. The van der Waals surface area contributed by atoms with Crippen molar-refractivity contribution in [2.75, 3.05) is 13.2 Å². The fourth-order valence-electron chi connectivity index (χ4n) is 9.18. The molecule has 0 heterocycles. The van der Waals surface area contributed by atoms with Crippen LogP contribution in [0.15, 0.2) is 97.2 Å². The highest BCUT2D eigenvalue weighted by molar-refractivity contribution is 5.71. The molecule has 77 heavy (non-hydrogen) atoms. The molecule has 0 bridgehead atoms. The van der Waals surface area contributed by atoms with Gasteiger partial charge in [-0.3, -0.25) is 14.4 Å². The zero-order chi connectivity index (χ0) is 55.7. The van der Waals surface area contributed by atoms with E-state index in [2.05, 4.69) is 118 Å². The molecule has 0 spiro atoms. The van der Waals surface area contributed by atoms with Crippen LogP contribution in [0.5, 0.6) is 0 Å². The number of unbranched alkanes of at least 4 members (excludes halogenated alkanes) is 32. The van der Waals surface area contributed by atoms with Gasteiger partial charge < -0.3 is 14.2 Å². The van der Waals surface area contributed by atoms with Crippen LogP contribution in [0.25, 0.3) is 0 Å². The van der Waals surface area contributed by atoms with Crippen LogP contribution in [0, 0.1) is 0 Å². The van der Waals surface area contributed by atoms with Crippen molar-refractivity contribution in [3.8, 4) is 0 Å². The van der Waals surface area contributed by atoms with Gasteiger partial charge in [-0.1, -0.05) is 291 Å². The molecule has 1 atom stereocenters. The summed E-state index contributed by atoms with van der Waals surface area (Å²) in [4.78, 5) is 38.1. The number of carbonyl (C=O) groups is 3. The van der Waals surface area contributed by atoms with Gasteiger partial charge in [0.1, 0.15) is 13.2 Å². The lowest BCUT2D eigenvalue weighted by Crippen LogP contribution is -2.30. The second-order valence-electron chi connectivity index (χ2n) is 21.6. The molecule has 0 saturated carbocycles. The van der Waals surface area contributed by atoms with Crippen molar-refractivity contribution in [2.24, 2.45) is 0 Å².